The fourth-order valence-electron chi connectivity index (χ4n) is 4.46. The summed E-state index contributed by atoms with van der Waals surface area (Å²) in [7, 11) is 1.37. The molecule has 7 heteroatoms. The molecule has 1 aromatic carbocycles. The monoisotopic (exact) mass is 374 g/mol. The molecule has 0 bridgehead atoms. The number of ether oxygens (including phenoxy) is 1. The third-order valence-electron chi connectivity index (χ3n) is 5.66. The van der Waals surface area contributed by atoms with E-state index in [1.165, 1.54) is 18.9 Å². The van der Waals surface area contributed by atoms with Crippen molar-refractivity contribution in [3.8, 4) is 0 Å². The maximum absolute atomic E-state index is 13.3. The van der Waals surface area contributed by atoms with Gasteiger partial charge in [0.05, 0.1) is 18.6 Å². The number of benzene rings is 1. The van der Waals surface area contributed by atoms with Crippen molar-refractivity contribution in [3.05, 3.63) is 23.8 Å². The highest BCUT2D eigenvalue weighted by Gasteiger charge is 2.48. The van der Waals surface area contributed by atoms with Crippen molar-refractivity contribution in [1.82, 2.24) is 4.90 Å². The molecule has 138 valence electrons. The van der Waals surface area contributed by atoms with Crippen molar-refractivity contribution < 1.29 is 19.1 Å². The number of likely N-dealkylation sites (tertiary alicyclic amines) is 1. The largest absolute Gasteiger partial charge is 0.467 e. The molecule has 3 aliphatic rings. The molecule has 1 aromatic rings. The number of thioether (sulfide) groups is 1. The molecule has 3 atom stereocenters. The van der Waals surface area contributed by atoms with E-state index in [1.807, 2.05) is 6.07 Å². The second-order valence-electron chi connectivity index (χ2n) is 7.15. The van der Waals surface area contributed by atoms with Crippen LogP contribution in [-0.4, -0.2) is 47.6 Å². The Morgan fingerprint density at radius 3 is 2.88 bits per heavy atom. The third kappa shape index (κ3) is 2.98. The predicted molar refractivity (Wildman–Crippen MR) is 98.1 cm³/mol. The normalized spacial score (nSPS) is 27.3. The first-order chi connectivity index (χ1) is 12.6. The summed E-state index contributed by atoms with van der Waals surface area (Å²) in [5.74, 6) is 0.204. The number of amides is 2. The molecule has 1 N–H and O–H groups in total. The molecule has 2 heterocycles. The molecule has 0 spiro atoms. The van der Waals surface area contributed by atoms with E-state index < -0.39 is 6.04 Å². The van der Waals surface area contributed by atoms with E-state index >= 15 is 0 Å². The lowest BCUT2D eigenvalue weighted by Crippen LogP contribution is -2.46. The number of carbonyl (C=O) groups is 3. The first kappa shape index (κ1) is 17.4. The highest BCUT2D eigenvalue weighted by Crippen LogP contribution is 2.41. The van der Waals surface area contributed by atoms with Crippen LogP contribution in [0.3, 0.4) is 0 Å². The number of nitrogens with one attached hydrogen (secondary N) is 1. The van der Waals surface area contributed by atoms with Gasteiger partial charge in [-0.15, -0.1) is 11.8 Å². The minimum Gasteiger partial charge on any atom is -0.467 e. The Morgan fingerprint density at radius 1 is 1.27 bits per heavy atom. The zero-order valence-corrected chi connectivity index (χ0v) is 15.5. The number of methoxy groups -OCH3 is 1. The number of carbonyl (C=O) groups excluding carboxylic acids is 3. The topological polar surface area (TPSA) is 75.7 Å². The average molecular weight is 374 g/mol. The van der Waals surface area contributed by atoms with E-state index in [0.29, 0.717) is 29.3 Å². The van der Waals surface area contributed by atoms with Crippen LogP contribution in [0.2, 0.25) is 0 Å². The summed E-state index contributed by atoms with van der Waals surface area (Å²) in [4.78, 5) is 40.0. The molecule has 26 heavy (non-hydrogen) atoms. The van der Waals surface area contributed by atoms with Crippen LogP contribution in [0.4, 0.5) is 5.69 Å². The Hall–Kier alpha value is -2.02. The van der Waals surface area contributed by atoms with Gasteiger partial charge in [0.15, 0.2) is 0 Å². The van der Waals surface area contributed by atoms with Crippen LogP contribution in [0, 0.1) is 5.92 Å². The van der Waals surface area contributed by atoms with E-state index in [1.54, 1.807) is 17.0 Å². The minimum absolute atomic E-state index is 0.0620. The van der Waals surface area contributed by atoms with Crippen LogP contribution < -0.4 is 5.32 Å². The summed E-state index contributed by atoms with van der Waals surface area (Å²) in [6.07, 6.45) is 4.90. The number of esters is 1. The second-order valence-corrected chi connectivity index (χ2v) is 8.16. The highest BCUT2D eigenvalue weighted by atomic mass is 32.2. The predicted octanol–water partition coefficient (Wildman–Crippen LogP) is 2.68. The van der Waals surface area contributed by atoms with Gasteiger partial charge in [0.25, 0.3) is 5.91 Å². The van der Waals surface area contributed by atoms with E-state index in [4.69, 9.17) is 4.74 Å². The molecule has 1 saturated carbocycles. The van der Waals surface area contributed by atoms with Crippen molar-refractivity contribution >= 4 is 35.2 Å². The zero-order valence-electron chi connectivity index (χ0n) is 14.7. The van der Waals surface area contributed by atoms with Gasteiger partial charge in [0.2, 0.25) is 5.91 Å². The molecule has 0 unspecified atom stereocenters. The number of nitrogens with zero attached hydrogens (tertiary/aromatic N) is 1. The van der Waals surface area contributed by atoms with Gasteiger partial charge < -0.3 is 15.0 Å². The van der Waals surface area contributed by atoms with Gasteiger partial charge >= 0.3 is 5.97 Å². The van der Waals surface area contributed by atoms with Crippen molar-refractivity contribution in [1.29, 1.82) is 0 Å². The number of hydrogen-bond acceptors (Lipinski definition) is 5. The van der Waals surface area contributed by atoms with Gasteiger partial charge in [-0.05, 0) is 43.4 Å². The van der Waals surface area contributed by atoms with Crippen molar-refractivity contribution in [2.45, 2.75) is 49.1 Å². The molecule has 6 nitrogen and oxygen atoms in total. The molecule has 1 aliphatic carbocycles. The fraction of sp³-hybridized carbons (Fsp3) is 0.526. The van der Waals surface area contributed by atoms with E-state index in [0.717, 1.165) is 30.6 Å². The minimum atomic E-state index is -0.513. The summed E-state index contributed by atoms with van der Waals surface area (Å²) in [5.41, 5.74) is 1.18. The van der Waals surface area contributed by atoms with E-state index in [9.17, 15) is 14.4 Å². The van der Waals surface area contributed by atoms with Crippen LogP contribution in [0.1, 0.15) is 42.5 Å². The van der Waals surface area contributed by atoms with Gasteiger partial charge in [0.1, 0.15) is 6.04 Å². The number of hydrogen-bond donors (Lipinski definition) is 1. The number of anilines is 1. The van der Waals surface area contributed by atoms with E-state index in [-0.39, 0.29) is 23.8 Å². The Morgan fingerprint density at radius 2 is 2.08 bits per heavy atom. The summed E-state index contributed by atoms with van der Waals surface area (Å²) in [6.45, 7) is 0. The first-order valence-corrected chi connectivity index (χ1v) is 10.0. The van der Waals surface area contributed by atoms with Gasteiger partial charge in [0, 0.05) is 16.5 Å². The fourth-order valence-corrected chi connectivity index (χ4v) is 5.25. The Labute approximate surface area is 156 Å². The van der Waals surface area contributed by atoms with Crippen LogP contribution in [0.25, 0.3) is 0 Å². The molecule has 1 saturated heterocycles. The first-order valence-electron chi connectivity index (χ1n) is 9.05. The lowest BCUT2D eigenvalue weighted by Gasteiger charge is -2.33. The number of fused-ring (bicyclic) bond motifs is 2. The van der Waals surface area contributed by atoms with Gasteiger partial charge in [-0.3, -0.25) is 9.59 Å². The van der Waals surface area contributed by atoms with Crippen LogP contribution in [-0.2, 0) is 14.3 Å². The Balaban J connectivity index is 1.65. The lowest BCUT2D eigenvalue weighted by molar-refractivity contribution is -0.145. The van der Waals surface area contributed by atoms with Crippen molar-refractivity contribution in [2.75, 3.05) is 18.2 Å². The van der Waals surface area contributed by atoms with Crippen molar-refractivity contribution in [2.24, 2.45) is 5.92 Å². The van der Waals surface area contributed by atoms with E-state index in [2.05, 4.69) is 5.32 Å². The smallest absolute Gasteiger partial charge is 0.328 e. The summed E-state index contributed by atoms with van der Waals surface area (Å²) in [6, 6.07) is 4.97. The third-order valence-corrected chi connectivity index (χ3v) is 6.73. The van der Waals surface area contributed by atoms with Crippen LogP contribution >= 0.6 is 11.8 Å². The second kappa shape index (κ2) is 6.95. The van der Waals surface area contributed by atoms with Crippen molar-refractivity contribution in [3.63, 3.8) is 0 Å². The van der Waals surface area contributed by atoms with Crippen LogP contribution in [0.5, 0.6) is 0 Å². The van der Waals surface area contributed by atoms with Gasteiger partial charge in [-0.1, -0.05) is 12.8 Å². The quantitative estimate of drug-likeness (QED) is 0.806. The Kier molecular flexibility index (Phi) is 4.65. The van der Waals surface area contributed by atoms with Gasteiger partial charge in [-0.25, -0.2) is 4.79 Å². The molecular weight excluding hydrogens is 352 g/mol. The summed E-state index contributed by atoms with van der Waals surface area (Å²) >= 11 is 1.47. The summed E-state index contributed by atoms with van der Waals surface area (Å²) < 4.78 is 4.97. The standard InChI is InChI=1S/C19H22N2O4S/c1-25-19(24)15-9-11-4-2-3-5-14(11)21(15)18(23)12-6-7-16-13(8-12)20-17(22)10-26-16/h6-8,11,14-15H,2-5,9-10H2,1H3,(H,20,22)/t11-,14-,15-/m0/s1. The maximum atomic E-state index is 13.3. The van der Waals surface area contributed by atoms with Gasteiger partial charge in [-0.2, -0.15) is 0 Å². The highest BCUT2D eigenvalue weighted by molar-refractivity contribution is 8.00. The Bertz CT molecular complexity index is 766. The zero-order chi connectivity index (χ0) is 18.3. The maximum Gasteiger partial charge on any atom is 0.328 e. The molecule has 2 amide bonds. The molecule has 4 rings (SSSR count). The molecular formula is C19H22N2O4S. The molecule has 2 fully saturated rings. The average Bonchev–Trinajstić information content (AvgIpc) is 3.05. The number of rotatable bonds is 2. The molecule has 0 aromatic heterocycles. The molecule has 2 aliphatic heterocycles. The SMILES string of the molecule is COC(=O)[C@@H]1C[C@@H]2CCCC[C@@H]2N1C(=O)c1ccc2c(c1)NC(=O)CS2. The van der Waals surface area contributed by atoms with Crippen LogP contribution in [0.15, 0.2) is 23.1 Å². The molecule has 0 radical (unpaired) electrons. The summed E-state index contributed by atoms with van der Waals surface area (Å²) in [5, 5.41) is 2.83. The lowest BCUT2D eigenvalue weighted by atomic mass is 9.84.